The Morgan fingerprint density at radius 1 is 1.07 bits per heavy atom. The molecule has 0 saturated carbocycles. The van der Waals surface area contributed by atoms with E-state index in [2.05, 4.69) is 5.32 Å². The van der Waals surface area contributed by atoms with Crippen molar-refractivity contribution in [2.45, 2.75) is 32.9 Å². The molecule has 6 nitrogen and oxygen atoms in total. The monoisotopic (exact) mass is 390 g/mol. The van der Waals surface area contributed by atoms with Crippen LogP contribution < -0.4 is 14.4 Å². The molecule has 0 aromatic heterocycles. The second-order valence-corrected chi connectivity index (χ2v) is 8.40. The predicted octanol–water partition coefficient (Wildman–Crippen LogP) is 3.04. The first-order chi connectivity index (χ1) is 12.6. The Labute approximate surface area is 161 Å². The largest absolute Gasteiger partial charge is 0.496 e. The smallest absolute Gasteiger partial charge is 0.244 e. The number of anilines is 1. The highest BCUT2D eigenvalue weighted by molar-refractivity contribution is 7.92. The van der Waals surface area contributed by atoms with Gasteiger partial charge in [-0.2, -0.15) is 0 Å². The summed E-state index contributed by atoms with van der Waals surface area (Å²) in [4.78, 5) is 12.8. The van der Waals surface area contributed by atoms with Crippen molar-refractivity contribution in [3.05, 3.63) is 59.7 Å². The maximum Gasteiger partial charge on any atom is 0.244 e. The van der Waals surface area contributed by atoms with E-state index in [1.54, 1.807) is 26.2 Å². The van der Waals surface area contributed by atoms with Gasteiger partial charge in [0, 0.05) is 5.56 Å². The fourth-order valence-corrected chi connectivity index (χ4v) is 4.11. The Bertz CT molecular complexity index is 894. The molecule has 0 saturated heterocycles. The minimum Gasteiger partial charge on any atom is -0.496 e. The average Bonchev–Trinajstić information content (AvgIpc) is 2.62. The molecule has 0 aliphatic carbocycles. The number of carbonyl (C=O) groups is 1. The van der Waals surface area contributed by atoms with Crippen LogP contribution in [0, 0.1) is 6.92 Å². The van der Waals surface area contributed by atoms with Crippen LogP contribution in [0.2, 0.25) is 0 Å². The van der Waals surface area contributed by atoms with E-state index in [0.717, 1.165) is 21.7 Å². The van der Waals surface area contributed by atoms with Crippen molar-refractivity contribution in [3.63, 3.8) is 0 Å². The molecule has 0 spiro atoms. The number of nitrogens with one attached hydrogen (secondary N) is 1. The van der Waals surface area contributed by atoms with Crippen molar-refractivity contribution in [1.29, 1.82) is 0 Å². The van der Waals surface area contributed by atoms with Crippen LogP contribution in [-0.2, 0) is 14.8 Å². The first-order valence-corrected chi connectivity index (χ1v) is 10.5. The second-order valence-electron chi connectivity index (χ2n) is 6.54. The van der Waals surface area contributed by atoms with E-state index in [0.29, 0.717) is 11.4 Å². The molecule has 2 aromatic carbocycles. The number of para-hydroxylation sites is 1. The molecule has 0 aliphatic heterocycles. The third kappa shape index (κ3) is 5.01. The van der Waals surface area contributed by atoms with Crippen LogP contribution in [-0.4, -0.2) is 33.7 Å². The number of hydrogen-bond acceptors (Lipinski definition) is 4. The fraction of sp³-hybridized carbons (Fsp3) is 0.350. The van der Waals surface area contributed by atoms with E-state index in [9.17, 15) is 13.2 Å². The molecule has 2 aromatic rings. The number of rotatable bonds is 7. The summed E-state index contributed by atoms with van der Waals surface area (Å²) in [7, 11) is -2.07. The molecule has 2 atom stereocenters. The van der Waals surface area contributed by atoms with Crippen molar-refractivity contribution in [1.82, 2.24) is 5.32 Å². The highest BCUT2D eigenvalue weighted by Gasteiger charge is 2.30. The number of carbonyl (C=O) groups excluding carboxylic acids is 1. The second kappa shape index (κ2) is 8.43. The number of sulfonamides is 1. The van der Waals surface area contributed by atoms with Gasteiger partial charge in [-0.1, -0.05) is 35.9 Å². The van der Waals surface area contributed by atoms with Crippen LogP contribution in [0.15, 0.2) is 48.5 Å². The van der Waals surface area contributed by atoms with Crippen LogP contribution in [0.4, 0.5) is 5.69 Å². The molecule has 2 rings (SSSR count). The van der Waals surface area contributed by atoms with Crippen molar-refractivity contribution in [3.8, 4) is 5.75 Å². The Hall–Kier alpha value is -2.54. The number of benzene rings is 2. The number of amides is 1. The zero-order chi connectivity index (χ0) is 20.2. The zero-order valence-electron chi connectivity index (χ0n) is 16.3. The quantitative estimate of drug-likeness (QED) is 0.788. The third-order valence-corrected chi connectivity index (χ3v) is 5.58. The number of hydrogen-bond donors (Lipinski definition) is 1. The highest BCUT2D eigenvalue weighted by atomic mass is 32.2. The molecule has 1 N–H and O–H groups in total. The summed E-state index contributed by atoms with van der Waals surface area (Å²) >= 11 is 0. The molecule has 0 heterocycles. The van der Waals surface area contributed by atoms with Gasteiger partial charge in [0.25, 0.3) is 0 Å². The molecule has 0 radical (unpaired) electrons. The summed E-state index contributed by atoms with van der Waals surface area (Å²) in [6.07, 6.45) is 1.10. The number of aryl methyl sites for hydroxylation is 1. The molecule has 146 valence electrons. The lowest BCUT2D eigenvalue weighted by Crippen LogP contribution is -2.48. The molecule has 0 fully saturated rings. The lowest BCUT2D eigenvalue weighted by atomic mass is 10.1. The number of methoxy groups -OCH3 is 1. The first kappa shape index (κ1) is 20.8. The predicted molar refractivity (Wildman–Crippen MR) is 108 cm³/mol. The van der Waals surface area contributed by atoms with Crippen molar-refractivity contribution >= 4 is 21.6 Å². The Kier molecular flexibility index (Phi) is 6.49. The van der Waals surface area contributed by atoms with Gasteiger partial charge in [0.05, 0.1) is 25.1 Å². The SMILES string of the molecule is COc1ccccc1C(C)NC(=O)C(C)N(c1ccc(C)cc1)S(C)(=O)=O. The standard InChI is InChI=1S/C20H26N2O4S/c1-14-10-12-17(13-11-14)22(27(5,24)25)16(3)20(23)21-15(2)18-8-6-7-9-19(18)26-4/h6-13,15-16H,1-5H3,(H,21,23). The number of ether oxygens (including phenoxy) is 1. The molecule has 7 heteroatoms. The number of nitrogens with zero attached hydrogens (tertiary/aromatic N) is 1. The van der Waals surface area contributed by atoms with E-state index in [4.69, 9.17) is 4.74 Å². The molecule has 0 aliphatic rings. The maximum absolute atomic E-state index is 12.8. The van der Waals surface area contributed by atoms with E-state index >= 15 is 0 Å². The van der Waals surface area contributed by atoms with Gasteiger partial charge in [0.2, 0.25) is 15.9 Å². The van der Waals surface area contributed by atoms with Crippen LogP contribution in [0.1, 0.15) is 31.0 Å². The minimum absolute atomic E-state index is 0.337. The topological polar surface area (TPSA) is 75.7 Å². The zero-order valence-corrected chi connectivity index (χ0v) is 17.1. The van der Waals surface area contributed by atoms with Crippen LogP contribution in [0.25, 0.3) is 0 Å². The van der Waals surface area contributed by atoms with Crippen molar-refractivity contribution in [2.75, 3.05) is 17.7 Å². The van der Waals surface area contributed by atoms with Gasteiger partial charge in [-0.25, -0.2) is 8.42 Å². The fourth-order valence-electron chi connectivity index (χ4n) is 2.94. The van der Waals surface area contributed by atoms with Crippen LogP contribution in [0.3, 0.4) is 0 Å². The third-order valence-electron chi connectivity index (χ3n) is 4.34. The minimum atomic E-state index is -3.64. The normalized spacial score (nSPS) is 13.5. The molecule has 2 unspecified atom stereocenters. The van der Waals surface area contributed by atoms with Gasteiger partial charge < -0.3 is 10.1 Å². The van der Waals surface area contributed by atoms with Gasteiger partial charge in [0.1, 0.15) is 11.8 Å². The first-order valence-electron chi connectivity index (χ1n) is 8.64. The van der Waals surface area contributed by atoms with Crippen molar-refractivity contribution < 1.29 is 17.9 Å². The van der Waals surface area contributed by atoms with E-state index in [-0.39, 0.29) is 11.9 Å². The molecule has 1 amide bonds. The maximum atomic E-state index is 12.8. The summed E-state index contributed by atoms with van der Waals surface area (Å²) in [6, 6.07) is 13.2. The van der Waals surface area contributed by atoms with Gasteiger partial charge in [0.15, 0.2) is 0 Å². The summed E-state index contributed by atoms with van der Waals surface area (Å²) < 4.78 is 31.2. The van der Waals surface area contributed by atoms with Gasteiger partial charge in [-0.15, -0.1) is 0 Å². The molecular formula is C20H26N2O4S. The summed E-state index contributed by atoms with van der Waals surface area (Å²) in [5, 5.41) is 2.88. The van der Waals surface area contributed by atoms with E-state index in [1.165, 1.54) is 0 Å². The Morgan fingerprint density at radius 2 is 1.67 bits per heavy atom. The summed E-state index contributed by atoms with van der Waals surface area (Å²) in [5.74, 6) is 0.274. The highest BCUT2D eigenvalue weighted by Crippen LogP contribution is 2.25. The van der Waals surface area contributed by atoms with Gasteiger partial charge >= 0.3 is 0 Å². The van der Waals surface area contributed by atoms with Crippen LogP contribution >= 0.6 is 0 Å². The average molecular weight is 391 g/mol. The lowest BCUT2D eigenvalue weighted by molar-refractivity contribution is -0.122. The summed E-state index contributed by atoms with van der Waals surface area (Å²) in [5.41, 5.74) is 2.28. The molecule has 0 bridgehead atoms. The van der Waals surface area contributed by atoms with Gasteiger partial charge in [-0.3, -0.25) is 9.10 Å². The Morgan fingerprint density at radius 3 is 2.22 bits per heavy atom. The van der Waals surface area contributed by atoms with E-state index in [1.807, 2.05) is 50.2 Å². The molecular weight excluding hydrogens is 364 g/mol. The van der Waals surface area contributed by atoms with E-state index < -0.39 is 16.1 Å². The van der Waals surface area contributed by atoms with Crippen molar-refractivity contribution in [2.24, 2.45) is 0 Å². The summed E-state index contributed by atoms with van der Waals surface area (Å²) in [6.45, 7) is 5.32. The van der Waals surface area contributed by atoms with Crippen LogP contribution in [0.5, 0.6) is 5.75 Å². The lowest BCUT2D eigenvalue weighted by Gasteiger charge is -2.29. The Balaban J connectivity index is 2.26. The van der Waals surface area contributed by atoms with Gasteiger partial charge in [-0.05, 0) is 39.0 Å². The molecule has 27 heavy (non-hydrogen) atoms.